The van der Waals surface area contributed by atoms with Gasteiger partial charge >= 0.3 is 12.2 Å². The molecule has 5 N–H and O–H groups in total. The summed E-state index contributed by atoms with van der Waals surface area (Å²) in [5.74, 6) is 1.54. The Labute approximate surface area is 312 Å². The fraction of sp³-hybridized carbons (Fsp3) is 0.462. The number of thiophene rings is 1. The second-order valence-corrected chi connectivity index (χ2v) is 16.0. The highest BCUT2D eigenvalue weighted by Gasteiger charge is 2.37. The molecular weight excluding hydrogens is 693 g/mol. The average molecular weight is 741 g/mol. The quantitative estimate of drug-likeness (QED) is 0.0940. The van der Waals surface area contributed by atoms with E-state index in [9.17, 15) is 19.5 Å². The number of rotatable bonds is 11. The number of likely N-dealkylation sites (tertiary alicyclic amines) is 2. The maximum Gasteiger partial charge on any atom is 0.407 e. The van der Waals surface area contributed by atoms with Crippen LogP contribution in [0.15, 0.2) is 48.5 Å². The van der Waals surface area contributed by atoms with Crippen molar-refractivity contribution in [2.45, 2.75) is 77.5 Å². The summed E-state index contributed by atoms with van der Waals surface area (Å²) in [4.78, 5) is 60.3. The van der Waals surface area contributed by atoms with Crippen LogP contribution in [0, 0.1) is 11.8 Å². The number of benzene rings is 2. The lowest BCUT2D eigenvalue weighted by Crippen LogP contribution is -2.50. The van der Waals surface area contributed by atoms with Gasteiger partial charge in [0.2, 0.25) is 5.91 Å². The molecule has 53 heavy (non-hydrogen) atoms. The molecule has 0 radical (unpaired) electrons. The van der Waals surface area contributed by atoms with Crippen LogP contribution in [-0.2, 0) is 9.53 Å². The number of carboxylic acid groups (broad SMARTS) is 1. The molecule has 3 aromatic heterocycles. The molecule has 2 aliphatic heterocycles. The van der Waals surface area contributed by atoms with E-state index >= 15 is 0 Å². The summed E-state index contributed by atoms with van der Waals surface area (Å²) in [6.07, 6.45) is 2.06. The van der Waals surface area contributed by atoms with Gasteiger partial charge in [-0.05, 0) is 91.6 Å². The molecule has 7 rings (SSSR count). The number of hydrogen-bond acceptors (Lipinski definition) is 8. The van der Waals surface area contributed by atoms with Crippen LogP contribution in [0.1, 0.15) is 77.1 Å². The largest absolute Gasteiger partial charge is 0.465 e. The van der Waals surface area contributed by atoms with E-state index in [2.05, 4.69) is 81.8 Å². The summed E-state index contributed by atoms with van der Waals surface area (Å²) in [6, 6.07) is 15.9. The van der Waals surface area contributed by atoms with Gasteiger partial charge in [-0.25, -0.2) is 19.6 Å². The van der Waals surface area contributed by atoms with E-state index in [1.165, 1.54) is 7.11 Å². The minimum Gasteiger partial charge on any atom is -0.465 e. The summed E-state index contributed by atoms with van der Waals surface area (Å²) >= 11 is 1.72. The minimum atomic E-state index is -1.20. The monoisotopic (exact) mass is 740 g/mol. The first kappa shape index (κ1) is 36.4. The number of alkyl carbamates (subject to hydrolysis) is 1. The number of methoxy groups -OCH3 is 1. The smallest absolute Gasteiger partial charge is 0.407 e. The highest BCUT2D eigenvalue weighted by Crippen LogP contribution is 2.38. The summed E-state index contributed by atoms with van der Waals surface area (Å²) in [5.41, 5.74) is 5.83. The third-order valence-corrected chi connectivity index (χ3v) is 11.8. The second-order valence-electron chi connectivity index (χ2n) is 14.9. The van der Waals surface area contributed by atoms with E-state index in [1.54, 1.807) is 16.2 Å². The van der Waals surface area contributed by atoms with Crippen molar-refractivity contribution in [2.75, 3.05) is 26.7 Å². The summed E-state index contributed by atoms with van der Waals surface area (Å²) < 4.78 is 4.87. The van der Waals surface area contributed by atoms with Crippen LogP contribution >= 0.6 is 11.3 Å². The van der Waals surface area contributed by atoms with Crippen molar-refractivity contribution < 1.29 is 24.2 Å². The fourth-order valence-electron chi connectivity index (χ4n) is 7.71. The second kappa shape index (κ2) is 15.2. The molecule has 0 saturated carbocycles. The number of amides is 3. The number of aromatic amines is 2. The third-order valence-electron chi connectivity index (χ3n) is 10.6. The molecular formula is C39H48N8O5S. The van der Waals surface area contributed by atoms with Crippen molar-refractivity contribution in [3.05, 3.63) is 60.2 Å². The standard InChI is InChI=1S/C39H48N8O5S/c1-21(2)29(44-39(51)52-5)20-46-16-6-8-30(46)35-40-25-12-10-23(18-27(25)42-35)32-14-15-33(53-32)24-11-13-26-28(19-24)43-36(41-26)31-9-7-17-47(31)37(48)34(22(3)4)45-38(49)50/h10-15,18-19,21-22,29-31,34,45H,6-9,16-17,20H2,1-5H3,(H,40,42)(H,41,43)(H,44,51)(H,49,50). The van der Waals surface area contributed by atoms with Crippen molar-refractivity contribution in [1.29, 1.82) is 0 Å². The first-order valence-corrected chi connectivity index (χ1v) is 19.3. The maximum absolute atomic E-state index is 13.5. The number of H-pyrrole nitrogens is 2. The Balaban J connectivity index is 1.07. The van der Waals surface area contributed by atoms with Crippen LogP contribution in [0.5, 0.6) is 0 Å². The molecule has 0 bridgehead atoms. The Hall–Kier alpha value is -4.95. The predicted octanol–water partition coefficient (Wildman–Crippen LogP) is 7.31. The van der Waals surface area contributed by atoms with Gasteiger partial charge in [-0.2, -0.15) is 0 Å². The van der Waals surface area contributed by atoms with E-state index in [4.69, 9.17) is 14.7 Å². The normalized spacial score (nSPS) is 19.0. The molecule has 4 unspecified atom stereocenters. The third kappa shape index (κ3) is 7.61. The Morgan fingerprint density at radius 2 is 1.43 bits per heavy atom. The Bertz CT molecular complexity index is 2120. The highest BCUT2D eigenvalue weighted by atomic mass is 32.1. The number of carbonyl (C=O) groups is 3. The summed E-state index contributed by atoms with van der Waals surface area (Å²) in [5, 5.41) is 14.7. The lowest BCUT2D eigenvalue weighted by atomic mass is 10.0. The first-order valence-electron chi connectivity index (χ1n) is 18.5. The van der Waals surface area contributed by atoms with Crippen molar-refractivity contribution >= 4 is 51.5 Å². The molecule has 0 spiro atoms. The van der Waals surface area contributed by atoms with E-state index in [0.717, 1.165) is 93.4 Å². The van der Waals surface area contributed by atoms with Gasteiger partial charge < -0.3 is 35.3 Å². The van der Waals surface area contributed by atoms with Crippen molar-refractivity contribution in [2.24, 2.45) is 11.8 Å². The molecule has 0 aliphatic carbocycles. The topological polar surface area (TPSA) is 169 Å². The van der Waals surface area contributed by atoms with Crippen molar-refractivity contribution in [3.63, 3.8) is 0 Å². The van der Waals surface area contributed by atoms with Gasteiger partial charge in [-0.3, -0.25) is 9.69 Å². The highest BCUT2D eigenvalue weighted by molar-refractivity contribution is 7.18. The number of nitrogens with zero attached hydrogens (tertiary/aromatic N) is 4. The summed E-state index contributed by atoms with van der Waals surface area (Å²) in [7, 11) is 1.40. The van der Waals surface area contributed by atoms with E-state index in [0.29, 0.717) is 6.54 Å². The van der Waals surface area contributed by atoms with Crippen molar-refractivity contribution in [1.82, 2.24) is 40.4 Å². The van der Waals surface area contributed by atoms with Gasteiger partial charge in [0.1, 0.15) is 17.7 Å². The number of nitrogens with one attached hydrogen (secondary N) is 4. The van der Waals surface area contributed by atoms with Gasteiger partial charge in [-0.1, -0.05) is 39.8 Å². The molecule has 2 fully saturated rings. The zero-order valence-electron chi connectivity index (χ0n) is 30.8. The Kier molecular flexibility index (Phi) is 10.4. The number of hydrogen-bond donors (Lipinski definition) is 5. The van der Waals surface area contributed by atoms with Crippen LogP contribution in [0.25, 0.3) is 42.9 Å². The van der Waals surface area contributed by atoms with Gasteiger partial charge in [0, 0.05) is 28.9 Å². The SMILES string of the molecule is COC(=O)NC(CN1CCCC1c1nc2ccc(-c3ccc(-c4ccc5nc(C6CCCN6C(=O)C(NC(=O)O)C(C)C)[nH]c5c4)s3)cc2[nH]1)C(C)C. The molecule has 2 aliphatic rings. The molecule has 5 heterocycles. The maximum atomic E-state index is 13.5. The van der Waals surface area contributed by atoms with Crippen LogP contribution in [0.2, 0.25) is 0 Å². The van der Waals surface area contributed by atoms with Gasteiger partial charge in [-0.15, -0.1) is 11.3 Å². The first-order chi connectivity index (χ1) is 25.5. The molecule has 280 valence electrons. The van der Waals surface area contributed by atoms with Gasteiger partial charge in [0.25, 0.3) is 0 Å². The van der Waals surface area contributed by atoms with E-state index in [-0.39, 0.29) is 35.9 Å². The Morgan fingerprint density at radius 3 is 2.00 bits per heavy atom. The molecule has 2 saturated heterocycles. The molecule has 3 amide bonds. The molecule has 13 nitrogen and oxygen atoms in total. The van der Waals surface area contributed by atoms with E-state index in [1.807, 2.05) is 19.9 Å². The molecule has 5 aromatic rings. The number of imidazole rings is 2. The number of ether oxygens (including phenoxy) is 1. The van der Waals surface area contributed by atoms with Crippen LogP contribution in [-0.4, -0.2) is 91.8 Å². The number of fused-ring (bicyclic) bond motifs is 2. The van der Waals surface area contributed by atoms with Crippen LogP contribution in [0.3, 0.4) is 0 Å². The number of aromatic nitrogens is 4. The van der Waals surface area contributed by atoms with Crippen LogP contribution in [0.4, 0.5) is 9.59 Å². The Morgan fingerprint density at radius 1 is 0.849 bits per heavy atom. The molecule has 14 heteroatoms. The number of carbonyl (C=O) groups excluding carboxylic acids is 2. The lowest BCUT2D eigenvalue weighted by Gasteiger charge is -2.30. The zero-order valence-corrected chi connectivity index (χ0v) is 31.6. The van der Waals surface area contributed by atoms with Crippen LogP contribution < -0.4 is 10.6 Å². The molecule has 2 aromatic carbocycles. The van der Waals surface area contributed by atoms with Gasteiger partial charge in [0.05, 0.1) is 41.3 Å². The molecule has 4 atom stereocenters. The fourth-order valence-corrected chi connectivity index (χ4v) is 8.71. The average Bonchev–Trinajstić information content (AvgIpc) is 3.97. The summed E-state index contributed by atoms with van der Waals surface area (Å²) in [6.45, 7) is 10.2. The lowest BCUT2D eigenvalue weighted by molar-refractivity contribution is -0.135. The predicted molar refractivity (Wildman–Crippen MR) is 206 cm³/mol. The van der Waals surface area contributed by atoms with Gasteiger partial charge in [0.15, 0.2) is 0 Å². The van der Waals surface area contributed by atoms with Crippen molar-refractivity contribution in [3.8, 4) is 20.9 Å². The van der Waals surface area contributed by atoms with E-state index < -0.39 is 18.2 Å². The zero-order chi connectivity index (χ0) is 37.4. The minimum absolute atomic E-state index is 0.0243.